The lowest BCUT2D eigenvalue weighted by atomic mass is 10.1. The highest BCUT2D eigenvalue weighted by molar-refractivity contribution is 7.99. The largest absolute Gasteiger partial charge is 0.348 e. The monoisotopic (exact) mass is 292 g/mol. The number of fused-ring (bicyclic) bond motifs is 1. The minimum absolute atomic E-state index is 0.889. The van der Waals surface area contributed by atoms with Crippen molar-refractivity contribution in [1.29, 1.82) is 0 Å². The maximum Gasteiger partial charge on any atom is 0.173 e. The SMILES string of the molecule is S=C(Nc1ccc2c(c1)CCC2)N1CCCSCC1. The van der Waals surface area contributed by atoms with Gasteiger partial charge in [-0.2, -0.15) is 11.8 Å². The van der Waals surface area contributed by atoms with E-state index < -0.39 is 0 Å². The van der Waals surface area contributed by atoms with Crippen molar-refractivity contribution in [3.05, 3.63) is 29.3 Å². The Kier molecular flexibility index (Phi) is 4.28. The summed E-state index contributed by atoms with van der Waals surface area (Å²) in [6.45, 7) is 2.16. The van der Waals surface area contributed by atoms with E-state index in [0.29, 0.717) is 0 Å². The van der Waals surface area contributed by atoms with Gasteiger partial charge < -0.3 is 10.2 Å². The molecule has 1 aliphatic heterocycles. The van der Waals surface area contributed by atoms with E-state index in [1.165, 1.54) is 48.3 Å². The lowest BCUT2D eigenvalue weighted by molar-refractivity contribution is 0.457. The number of thiocarbonyl (C=S) groups is 1. The first-order chi connectivity index (χ1) is 9.33. The summed E-state index contributed by atoms with van der Waals surface area (Å²) >= 11 is 7.58. The molecule has 1 N–H and O–H groups in total. The van der Waals surface area contributed by atoms with Gasteiger partial charge in [-0.15, -0.1) is 0 Å². The molecule has 0 saturated carbocycles. The van der Waals surface area contributed by atoms with Crippen LogP contribution in [0.5, 0.6) is 0 Å². The number of anilines is 1. The quantitative estimate of drug-likeness (QED) is 0.798. The molecule has 1 saturated heterocycles. The summed E-state index contributed by atoms with van der Waals surface area (Å²) in [6, 6.07) is 6.70. The maximum absolute atomic E-state index is 5.55. The second kappa shape index (κ2) is 6.14. The Morgan fingerprint density at radius 2 is 2.00 bits per heavy atom. The smallest absolute Gasteiger partial charge is 0.173 e. The molecule has 3 rings (SSSR count). The number of aryl methyl sites for hydroxylation is 2. The Hall–Kier alpha value is -0.740. The summed E-state index contributed by atoms with van der Waals surface area (Å²) in [5.41, 5.74) is 4.17. The molecule has 1 aromatic carbocycles. The van der Waals surface area contributed by atoms with Crippen molar-refractivity contribution in [2.45, 2.75) is 25.7 Å². The van der Waals surface area contributed by atoms with Gasteiger partial charge in [-0.3, -0.25) is 0 Å². The van der Waals surface area contributed by atoms with Gasteiger partial charge in [0, 0.05) is 24.5 Å². The third kappa shape index (κ3) is 3.23. The van der Waals surface area contributed by atoms with Gasteiger partial charge in [0.25, 0.3) is 0 Å². The first kappa shape index (κ1) is 13.3. The molecule has 19 heavy (non-hydrogen) atoms. The van der Waals surface area contributed by atoms with Crippen LogP contribution in [0.4, 0.5) is 5.69 Å². The molecule has 1 fully saturated rings. The molecule has 0 amide bonds. The average Bonchev–Trinajstić information content (AvgIpc) is 2.71. The van der Waals surface area contributed by atoms with Gasteiger partial charge >= 0.3 is 0 Å². The molecule has 2 nitrogen and oxygen atoms in total. The molecule has 0 aromatic heterocycles. The number of nitrogens with zero attached hydrogens (tertiary/aromatic N) is 1. The van der Waals surface area contributed by atoms with Gasteiger partial charge in [0.2, 0.25) is 0 Å². The second-order valence-electron chi connectivity index (χ2n) is 5.22. The Labute approximate surface area is 124 Å². The summed E-state index contributed by atoms with van der Waals surface area (Å²) in [5, 5.41) is 4.31. The van der Waals surface area contributed by atoms with E-state index >= 15 is 0 Å². The van der Waals surface area contributed by atoms with Crippen molar-refractivity contribution in [3.63, 3.8) is 0 Å². The summed E-state index contributed by atoms with van der Waals surface area (Å²) in [6.07, 6.45) is 4.99. The van der Waals surface area contributed by atoms with Crippen molar-refractivity contribution in [3.8, 4) is 0 Å². The number of nitrogens with one attached hydrogen (secondary N) is 1. The van der Waals surface area contributed by atoms with Gasteiger partial charge in [0.15, 0.2) is 5.11 Å². The molecule has 0 radical (unpaired) electrons. The number of rotatable bonds is 1. The molecule has 0 atom stereocenters. The van der Waals surface area contributed by atoms with E-state index in [4.69, 9.17) is 12.2 Å². The maximum atomic E-state index is 5.55. The lowest BCUT2D eigenvalue weighted by Gasteiger charge is -2.23. The summed E-state index contributed by atoms with van der Waals surface area (Å²) in [4.78, 5) is 2.31. The second-order valence-corrected chi connectivity index (χ2v) is 6.83. The Morgan fingerprint density at radius 3 is 2.95 bits per heavy atom. The third-order valence-electron chi connectivity index (χ3n) is 3.86. The van der Waals surface area contributed by atoms with Crippen LogP contribution in [0.3, 0.4) is 0 Å². The van der Waals surface area contributed by atoms with E-state index in [1.54, 1.807) is 0 Å². The number of thioether (sulfide) groups is 1. The van der Waals surface area contributed by atoms with Crippen LogP contribution in [0.2, 0.25) is 0 Å². The standard InChI is InChI=1S/C15H20N2S2/c18-15(17-7-2-9-19-10-8-17)16-14-6-5-12-3-1-4-13(12)11-14/h5-6,11H,1-4,7-10H2,(H,16,18). The van der Waals surface area contributed by atoms with Crippen LogP contribution in [-0.4, -0.2) is 34.6 Å². The van der Waals surface area contributed by atoms with E-state index in [-0.39, 0.29) is 0 Å². The highest BCUT2D eigenvalue weighted by atomic mass is 32.2. The van der Waals surface area contributed by atoms with Crippen LogP contribution >= 0.6 is 24.0 Å². The van der Waals surface area contributed by atoms with Crippen LogP contribution in [-0.2, 0) is 12.8 Å². The zero-order valence-electron chi connectivity index (χ0n) is 11.2. The predicted octanol–water partition coefficient (Wildman–Crippen LogP) is 3.31. The first-order valence-electron chi connectivity index (χ1n) is 7.08. The minimum Gasteiger partial charge on any atom is -0.348 e. The molecule has 4 heteroatoms. The summed E-state index contributed by atoms with van der Waals surface area (Å²) in [7, 11) is 0. The fraction of sp³-hybridized carbons (Fsp3) is 0.533. The van der Waals surface area contributed by atoms with Crippen molar-refractivity contribution in [2.75, 3.05) is 29.9 Å². The fourth-order valence-corrected chi connectivity index (χ4v) is 3.99. The van der Waals surface area contributed by atoms with Gasteiger partial charge in [-0.1, -0.05) is 6.07 Å². The first-order valence-corrected chi connectivity index (χ1v) is 8.65. The zero-order chi connectivity index (χ0) is 13.1. The lowest BCUT2D eigenvalue weighted by Crippen LogP contribution is -2.36. The van der Waals surface area contributed by atoms with Crippen LogP contribution in [0.1, 0.15) is 24.0 Å². The number of hydrogen-bond acceptors (Lipinski definition) is 2. The van der Waals surface area contributed by atoms with Crippen molar-refractivity contribution < 1.29 is 0 Å². The van der Waals surface area contributed by atoms with Crippen molar-refractivity contribution in [1.82, 2.24) is 4.90 Å². The molecule has 1 aliphatic carbocycles. The van der Waals surface area contributed by atoms with Crippen molar-refractivity contribution in [2.24, 2.45) is 0 Å². The molecule has 102 valence electrons. The number of hydrogen-bond donors (Lipinski definition) is 1. The van der Waals surface area contributed by atoms with E-state index in [9.17, 15) is 0 Å². The van der Waals surface area contributed by atoms with Gasteiger partial charge in [0.1, 0.15) is 0 Å². The third-order valence-corrected chi connectivity index (χ3v) is 5.27. The zero-order valence-corrected chi connectivity index (χ0v) is 12.8. The van der Waals surface area contributed by atoms with Crippen LogP contribution in [0, 0.1) is 0 Å². The highest BCUT2D eigenvalue weighted by Crippen LogP contribution is 2.25. The summed E-state index contributed by atoms with van der Waals surface area (Å²) in [5.74, 6) is 2.45. The topological polar surface area (TPSA) is 15.3 Å². The Morgan fingerprint density at radius 1 is 1.11 bits per heavy atom. The van der Waals surface area contributed by atoms with Crippen molar-refractivity contribution >= 4 is 34.8 Å². The average molecular weight is 292 g/mol. The predicted molar refractivity (Wildman–Crippen MR) is 88.2 cm³/mol. The van der Waals surface area contributed by atoms with Gasteiger partial charge in [-0.25, -0.2) is 0 Å². The molecule has 1 aromatic rings. The molecule has 0 unspecified atom stereocenters. The Bertz CT molecular complexity index is 465. The molecule has 1 heterocycles. The molecular formula is C15H20N2S2. The minimum atomic E-state index is 0.889. The Balaban J connectivity index is 1.65. The van der Waals surface area contributed by atoms with Crippen LogP contribution < -0.4 is 5.32 Å². The van der Waals surface area contributed by atoms with E-state index in [2.05, 4.69) is 28.4 Å². The fourth-order valence-electron chi connectivity index (χ4n) is 2.80. The van der Waals surface area contributed by atoms with Crippen LogP contribution in [0.25, 0.3) is 0 Å². The summed E-state index contributed by atoms with van der Waals surface area (Å²) < 4.78 is 0. The van der Waals surface area contributed by atoms with E-state index in [1.807, 2.05) is 11.8 Å². The van der Waals surface area contributed by atoms with Gasteiger partial charge in [0.05, 0.1) is 0 Å². The van der Waals surface area contributed by atoms with Gasteiger partial charge in [-0.05, 0) is 66.9 Å². The molecular weight excluding hydrogens is 272 g/mol. The molecule has 0 spiro atoms. The molecule has 2 aliphatic rings. The van der Waals surface area contributed by atoms with Crippen LogP contribution in [0.15, 0.2) is 18.2 Å². The van der Waals surface area contributed by atoms with E-state index in [0.717, 1.165) is 23.9 Å². The number of benzene rings is 1. The normalized spacial score (nSPS) is 18.8. The highest BCUT2D eigenvalue weighted by Gasteiger charge is 2.14. The molecule has 0 bridgehead atoms.